The number of hydrogen-bond acceptors (Lipinski definition) is 6. The maximum Gasteiger partial charge on any atom is 0.276 e. The number of halogens is 2. The van der Waals surface area contributed by atoms with E-state index in [4.69, 9.17) is 4.52 Å². The largest absolute Gasteiger partial charge is 0.332 e. The first-order chi connectivity index (χ1) is 12.6. The van der Waals surface area contributed by atoms with E-state index in [0.29, 0.717) is 22.6 Å². The number of aryl methyl sites for hydroxylation is 1. The van der Waals surface area contributed by atoms with Crippen molar-refractivity contribution < 1.29 is 13.3 Å². The van der Waals surface area contributed by atoms with Gasteiger partial charge in [-0.05, 0) is 42.8 Å². The Bertz CT molecular complexity index is 1080. The van der Waals surface area contributed by atoms with Crippen LogP contribution in [0, 0.1) is 18.6 Å². The predicted molar refractivity (Wildman–Crippen MR) is 88.6 cm³/mol. The molecule has 0 spiro atoms. The van der Waals surface area contributed by atoms with Crippen molar-refractivity contribution in [2.45, 2.75) is 6.92 Å². The minimum absolute atomic E-state index is 0.181. The molecular weight excluding hydrogens is 340 g/mol. The summed E-state index contributed by atoms with van der Waals surface area (Å²) in [5.74, 6) is -0.482. The first-order valence-corrected chi connectivity index (χ1v) is 7.64. The normalized spacial score (nSPS) is 10.9. The zero-order chi connectivity index (χ0) is 18.1. The van der Waals surface area contributed by atoms with Crippen molar-refractivity contribution >= 4 is 0 Å². The molecule has 6 nitrogen and oxygen atoms in total. The Balaban J connectivity index is 1.73. The van der Waals surface area contributed by atoms with Gasteiger partial charge in [-0.3, -0.25) is 4.98 Å². The summed E-state index contributed by atoms with van der Waals surface area (Å²) in [6, 6.07) is 7.61. The first kappa shape index (κ1) is 15.9. The summed E-state index contributed by atoms with van der Waals surface area (Å²) in [4.78, 5) is 16.4. The highest BCUT2D eigenvalue weighted by atomic mass is 19.1. The molecular formula is C18H11F2N5O. The summed E-state index contributed by atoms with van der Waals surface area (Å²) in [7, 11) is 0. The topological polar surface area (TPSA) is 77.6 Å². The van der Waals surface area contributed by atoms with Crippen molar-refractivity contribution in [3.8, 4) is 34.2 Å². The third-order valence-electron chi connectivity index (χ3n) is 3.59. The number of pyridine rings is 3. The molecule has 26 heavy (non-hydrogen) atoms. The molecule has 0 N–H and O–H groups in total. The number of aromatic nitrogens is 5. The first-order valence-electron chi connectivity index (χ1n) is 7.64. The van der Waals surface area contributed by atoms with Gasteiger partial charge in [0, 0.05) is 17.5 Å². The minimum Gasteiger partial charge on any atom is -0.332 e. The van der Waals surface area contributed by atoms with E-state index in [-0.39, 0.29) is 11.7 Å². The second kappa shape index (κ2) is 6.40. The fraction of sp³-hybridized carbons (Fsp3) is 0.0556. The summed E-state index contributed by atoms with van der Waals surface area (Å²) < 4.78 is 31.7. The zero-order valence-corrected chi connectivity index (χ0v) is 13.5. The number of rotatable bonds is 3. The second-order valence-electron chi connectivity index (χ2n) is 5.56. The van der Waals surface area contributed by atoms with Gasteiger partial charge in [0.05, 0.1) is 12.4 Å². The maximum atomic E-state index is 13.4. The lowest BCUT2D eigenvalue weighted by molar-refractivity contribution is 0.430. The van der Waals surface area contributed by atoms with Gasteiger partial charge in [0.15, 0.2) is 0 Å². The van der Waals surface area contributed by atoms with Crippen LogP contribution in [0.5, 0.6) is 0 Å². The molecule has 0 aliphatic carbocycles. The summed E-state index contributed by atoms with van der Waals surface area (Å²) >= 11 is 0. The second-order valence-corrected chi connectivity index (χ2v) is 5.56. The summed E-state index contributed by atoms with van der Waals surface area (Å²) in [5.41, 5.74) is 2.84. The molecule has 128 valence electrons. The fourth-order valence-corrected chi connectivity index (χ4v) is 2.45. The fourth-order valence-electron chi connectivity index (χ4n) is 2.45. The molecule has 4 aromatic heterocycles. The maximum absolute atomic E-state index is 13.4. The van der Waals surface area contributed by atoms with E-state index in [2.05, 4.69) is 25.1 Å². The van der Waals surface area contributed by atoms with Crippen LogP contribution < -0.4 is 0 Å². The Morgan fingerprint density at radius 2 is 1.73 bits per heavy atom. The Morgan fingerprint density at radius 1 is 0.846 bits per heavy atom. The van der Waals surface area contributed by atoms with Crippen LogP contribution >= 0.6 is 0 Å². The molecule has 0 aliphatic heterocycles. The molecule has 0 fully saturated rings. The third kappa shape index (κ3) is 3.16. The predicted octanol–water partition coefficient (Wildman–Crippen LogP) is 3.84. The van der Waals surface area contributed by atoms with Crippen molar-refractivity contribution in [2.24, 2.45) is 0 Å². The van der Waals surface area contributed by atoms with Crippen LogP contribution in [0.2, 0.25) is 0 Å². The Morgan fingerprint density at radius 3 is 2.50 bits per heavy atom. The van der Waals surface area contributed by atoms with Crippen LogP contribution in [0.25, 0.3) is 34.2 Å². The third-order valence-corrected chi connectivity index (χ3v) is 3.59. The van der Waals surface area contributed by atoms with Crippen LogP contribution in [0.3, 0.4) is 0 Å². The van der Waals surface area contributed by atoms with Crippen LogP contribution in [0.1, 0.15) is 5.69 Å². The molecule has 4 heterocycles. The van der Waals surface area contributed by atoms with Crippen LogP contribution in [0.4, 0.5) is 8.78 Å². The van der Waals surface area contributed by atoms with E-state index in [9.17, 15) is 8.78 Å². The van der Waals surface area contributed by atoms with Gasteiger partial charge in [0.25, 0.3) is 5.89 Å². The van der Waals surface area contributed by atoms with E-state index in [0.717, 1.165) is 18.0 Å². The molecule has 0 atom stereocenters. The Labute approximate surface area is 146 Å². The smallest absolute Gasteiger partial charge is 0.276 e. The van der Waals surface area contributed by atoms with E-state index in [1.54, 1.807) is 25.3 Å². The molecule has 0 amide bonds. The summed E-state index contributed by atoms with van der Waals surface area (Å²) in [5, 5.41) is 3.86. The average molecular weight is 351 g/mol. The molecule has 0 aliphatic rings. The Hall–Kier alpha value is -3.55. The highest BCUT2D eigenvalue weighted by Gasteiger charge is 2.15. The molecule has 0 saturated carbocycles. The molecule has 0 radical (unpaired) electrons. The number of nitrogens with zero attached hydrogens (tertiary/aromatic N) is 5. The van der Waals surface area contributed by atoms with Crippen LogP contribution in [0.15, 0.2) is 53.4 Å². The van der Waals surface area contributed by atoms with Gasteiger partial charge in [-0.2, -0.15) is 4.98 Å². The van der Waals surface area contributed by atoms with Gasteiger partial charge in [-0.25, -0.2) is 18.7 Å². The van der Waals surface area contributed by atoms with Crippen LogP contribution in [-0.2, 0) is 0 Å². The summed E-state index contributed by atoms with van der Waals surface area (Å²) in [6.07, 6.45) is 3.77. The van der Waals surface area contributed by atoms with Gasteiger partial charge in [-0.15, -0.1) is 0 Å². The van der Waals surface area contributed by atoms with E-state index in [1.807, 2.05) is 0 Å². The standard InChI is InChI=1S/C18H11F2N5O/c1-10-4-11(12-5-14(20)8-21-7-12)6-16(23-10)18-24-17(25-26-18)15-3-2-13(19)9-22-15/h2-9H,1H3. The molecule has 0 bridgehead atoms. The van der Waals surface area contributed by atoms with Crippen molar-refractivity contribution in [3.05, 3.63) is 66.3 Å². The lowest BCUT2D eigenvalue weighted by atomic mass is 10.1. The number of hydrogen-bond donors (Lipinski definition) is 0. The lowest BCUT2D eigenvalue weighted by Crippen LogP contribution is -1.91. The van der Waals surface area contributed by atoms with Crippen molar-refractivity contribution in [1.29, 1.82) is 0 Å². The van der Waals surface area contributed by atoms with E-state index >= 15 is 0 Å². The summed E-state index contributed by atoms with van der Waals surface area (Å²) in [6.45, 7) is 1.80. The highest BCUT2D eigenvalue weighted by molar-refractivity contribution is 5.68. The van der Waals surface area contributed by atoms with Crippen molar-refractivity contribution in [3.63, 3.8) is 0 Å². The van der Waals surface area contributed by atoms with E-state index < -0.39 is 11.6 Å². The quantitative estimate of drug-likeness (QED) is 0.558. The minimum atomic E-state index is -0.453. The van der Waals surface area contributed by atoms with Gasteiger partial charge >= 0.3 is 0 Å². The van der Waals surface area contributed by atoms with Gasteiger partial charge < -0.3 is 4.52 Å². The van der Waals surface area contributed by atoms with Gasteiger partial charge in [0.1, 0.15) is 23.0 Å². The molecule has 0 aromatic carbocycles. The lowest BCUT2D eigenvalue weighted by Gasteiger charge is -2.04. The van der Waals surface area contributed by atoms with Crippen molar-refractivity contribution in [1.82, 2.24) is 25.1 Å². The molecule has 4 aromatic rings. The zero-order valence-electron chi connectivity index (χ0n) is 13.5. The van der Waals surface area contributed by atoms with Crippen LogP contribution in [-0.4, -0.2) is 25.1 Å². The Kier molecular flexibility index (Phi) is 3.92. The van der Waals surface area contributed by atoms with Gasteiger partial charge in [0.2, 0.25) is 5.82 Å². The van der Waals surface area contributed by atoms with Gasteiger partial charge in [-0.1, -0.05) is 5.16 Å². The average Bonchev–Trinajstić information content (AvgIpc) is 3.12. The molecule has 0 unspecified atom stereocenters. The highest BCUT2D eigenvalue weighted by Crippen LogP contribution is 2.26. The van der Waals surface area contributed by atoms with Crippen molar-refractivity contribution in [2.75, 3.05) is 0 Å². The molecule has 4 rings (SSSR count). The monoisotopic (exact) mass is 351 g/mol. The molecule has 8 heteroatoms. The SMILES string of the molecule is Cc1cc(-c2cncc(F)c2)cc(-c2nc(-c3ccc(F)cn3)no2)n1. The van der Waals surface area contributed by atoms with E-state index in [1.165, 1.54) is 18.2 Å². The molecule has 0 saturated heterocycles.